The van der Waals surface area contributed by atoms with Gasteiger partial charge in [-0.15, -0.1) is 0 Å². The Bertz CT molecular complexity index is 846. The highest BCUT2D eigenvalue weighted by Gasteiger charge is 2.09. The summed E-state index contributed by atoms with van der Waals surface area (Å²) in [4.78, 5) is 8.75. The first-order valence-corrected chi connectivity index (χ1v) is 9.30. The van der Waals surface area contributed by atoms with Gasteiger partial charge in [0, 0.05) is 30.3 Å². The number of aromatic nitrogens is 4. The molecule has 1 aromatic carbocycles. The lowest BCUT2D eigenvalue weighted by atomic mass is 10.0. The molecular weight excluding hydrogens is 340 g/mol. The van der Waals surface area contributed by atoms with E-state index in [-0.39, 0.29) is 6.61 Å². The number of H-pyrrole nitrogens is 1. The van der Waals surface area contributed by atoms with Crippen LogP contribution in [0.15, 0.2) is 42.6 Å². The SMILES string of the molecule is CCCC(C)c1cc(Nc2ccnc(Nc3ccc(CCO)cc3)n2)n[nH]1. The number of aliphatic hydroxyl groups is 1. The third-order valence-corrected chi connectivity index (χ3v) is 4.37. The van der Waals surface area contributed by atoms with Crippen LogP contribution in [0.4, 0.5) is 23.3 Å². The highest BCUT2D eigenvalue weighted by molar-refractivity contribution is 5.57. The summed E-state index contributed by atoms with van der Waals surface area (Å²) >= 11 is 0. The summed E-state index contributed by atoms with van der Waals surface area (Å²) in [6.07, 6.45) is 4.62. The van der Waals surface area contributed by atoms with Crippen molar-refractivity contribution in [3.8, 4) is 0 Å². The molecule has 0 saturated heterocycles. The predicted octanol–water partition coefficient (Wildman–Crippen LogP) is 4.13. The summed E-state index contributed by atoms with van der Waals surface area (Å²) in [5.74, 6) is 2.37. The molecule has 0 aliphatic rings. The Morgan fingerprint density at radius 2 is 1.93 bits per heavy atom. The summed E-state index contributed by atoms with van der Waals surface area (Å²) in [7, 11) is 0. The number of rotatable bonds is 9. The van der Waals surface area contributed by atoms with Gasteiger partial charge in [0.25, 0.3) is 0 Å². The first-order valence-electron chi connectivity index (χ1n) is 9.30. The second kappa shape index (κ2) is 9.14. The third-order valence-electron chi connectivity index (χ3n) is 4.37. The molecule has 0 bridgehead atoms. The Morgan fingerprint density at radius 1 is 1.11 bits per heavy atom. The van der Waals surface area contributed by atoms with E-state index in [9.17, 15) is 0 Å². The molecule has 0 amide bonds. The summed E-state index contributed by atoms with van der Waals surface area (Å²) in [6.45, 7) is 4.52. The van der Waals surface area contributed by atoms with Crippen LogP contribution in [0.1, 0.15) is 43.9 Å². The number of anilines is 4. The molecule has 7 heteroatoms. The number of aromatic amines is 1. The van der Waals surface area contributed by atoms with E-state index >= 15 is 0 Å². The first kappa shape index (κ1) is 18.8. The van der Waals surface area contributed by atoms with E-state index in [1.54, 1.807) is 12.3 Å². The summed E-state index contributed by atoms with van der Waals surface area (Å²) in [6, 6.07) is 11.7. The van der Waals surface area contributed by atoms with Crippen molar-refractivity contribution in [1.29, 1.82) is 0 Å². The molecule has 142 valence electrons. The number of hydrogen-bond acceptors (Lipinski definition) is 6. The van der Waals surface area contributed by atoms with Crippen molar-refractivity contribution in [3.63, 3.8) is 0 Å². The summed E-state index contributed by atoms with van der Waals surface area (Å²) in [5, 5.41) is 22.8. The van der Waals surface area contributed by atoms with Gasteiger partial charge in [-0.2, -0.15) is 10.1 Å². The molecule has 7 nitrogen and oxygen atoms in total. The Morgan fingerprint density at radius 3 is 2.67 bits per heavy atom. The van der Waals surface area contributed by atoms with Gasteiger partial charge in [0.05, 0.1) is 0 Å². The molecule has 27 heavy (non-hydrogen) atoms. The van der Waals surface area contributed by atoms with Crippen molar-refractivity contribution in [1.82, 2.24) is 20.2 Å². The van der Waals surface area contributed by atoms with Crippen molar-refractivity contribution < 1.29 is 5.11 Å². The maximum absolute atomic E-state index is 8.98. The Balaban J connectivity index is 1.65. The number of nitrogens with one attached hydrogen (secondary N) is 3. The molecule has 0 saturated carbocycles. The normalized spacial score (nSPS) is 12.0. The van der Waals surface area contributed by atoms with E-state index in [4.69, 9.17) is 5.11 Å². The Hall–Kier alpha value is -2.93. The highest BCUT2D eigenvalue weighted by Crippen LogP contribution is 2.22. The fraction of sp³-hybridized carbons (Fsp3) is 0.350. The minimum absolute atomic E-state index is 0.149. The average Bonchev–Trinajstić information content (AvgIpc) is 3.13. The number of nitrogens with zero attached hydrogens (tertiary/aromatic N) is 3. The molecule has 0 aliphatic heterocycles. The van der Waals surface area contributed by atoms with E-state index < -0.39 is 0 Å². The van der Waals surface area contributed by atoms with Crippen LogP contribution in [0, 0.1) is 0 Å². The van der Waals surface area contributed by atoms with E-state index in [2.05, 4.69) is 44.6 Å². The van der Waals surface area contributed by atoms with E-state index in [1.165, 1.54) is 0 Å². The fourth-order valence-electron chi connectivity index (χ4n) is 2.87. The number of hydrogen-bond donors (Lipinski definition) is 4. The van der Waals surface area contributed by atoms with Crippen molar-refractivity contribution in [2.75, 3.05) is 17.2 Å². The second-order valence-corrected chi connectivity index (χ2v) is 6.58. The molecule has 1 unspecified atom stereocenters. The van der Waals surface area contributed by atoms with Gasteiger partial charge >= 0.3 is 0 Å². The van der Waals surface area contributed by atoms with Gasteiger partial charge in [0.1, 0.15) is 5.82 Å². The van der Waals surface area contributed by atoms with Gasteiger partial charge in [0.2, 0.25) is 5.95 Å². The topological polar surface area (TPSA) is 98.8 Å². The van der Waals surface area contributed by atoms with Gasteiger partial charge in [-0.3, -0.25) is 5.10 Å². The monoisotopic (exact) mass is 366 g/mol. The molecule has 2 heterocycles. The average molecular weight is 366 g/mol. The second-order valence-electron chi connectivity index (χ2n) is 6.58. The molecule has 0 fully saturated rings. The lowest BCUT2D eigenvalue weighted by Gasteiger charge is -2.08. The molecular formula is C20H26N6O. The smallest absolute Gasteiger partial charge is 0.229 e. The summed E-state index contributed by atoms with van der Waals surface area (Å²) in [5.41, 5.74) is 3.10. The molecule has 2 aromatic heterocycles. The van der Waals surface area contributed by atoms with Crippen LogP contribution in [0.3, 0.4) is 0 Å². The van der Waals surface area contributed by atoms with Gasteiger partial charge < -0.3 is 15.7 Å². The molecule has 0 aliphatic carbocycles. The van der Waals surface area contributed by atoms with Gasteiger partial charge in [-0.05, 0) is 42.5 Å². The zero-order chi connectivity index (χ0) is 19.1. The van der Waals surface area contributed by atoms with E-state index in [0.29, 0.717) is 24.1 Å². The lowest BCUT2D eigenvalue weighted by Crippen LogP contribution is -2.00. The Kier molecular flexibility index (Phi) is 6.38. The van der Waals surface area contributed by atoms with Crippen LogP contribution in [-0.4, -0.2) is 31.9 Å². The molecule has 0 radical (unpaired) electrons. The molecule has 4 N–H and O–H groups in total. The number of benzene rings is 1. The molecule has 1 atom stereocenters. The maximum Gasteiger partial charge on any atom is 0.229 e. The third kappa shape index (κ3) is 5.27. The maximum atomic E-state index is 8.98. The van der Waals surface area contributed by atoms with Gasteiger partial charge in [0.15, 0.2) is 5.82 Å². The largest absolute Gasteiger partial charge is 0.396 e. The van der Waals surface area contributed by atoms with Crippen molar-refractivity contribution >= 4 is 23.3 Å². The number of aliphatic hydroxyl groups excluding tert-OH is 1. The minimum atomic E-state index is 0.149. The quantitative estimate of drug-likeness (QED) is 0.455. The zero-order valence-electron chi connectivity index (χ0n) is 15.7. The van der Waals surface area contributed by atoms with Crippen LogP contribution in [0.5, 0.6) is 0 Å². The molecule has 3 aromatic rings. The highest BCUT2D eigenvalue weighted by atomic mass is 16.2. The summed E-state index contributed by atoms with van der Waals surface area (Å²) < 4.78 is 0. The van der Waals surface area contributed by atoms with Gasteiger partial charge in [-0.25, -0.2) is 4.98 Å². The van der Waals surface area contributed by atoms with Crippen LogP contribution in [0.2, 0.25) is 0 Å². The van der Waals surface area contributed by atoms with Crippen molar-refractivity contribution in [3.05, 3.63) is 53.9 Å². The van der Waals surface area contributed by atoms with Crippen LogP contribution < -0.4 is 10.6 Å². The first-order chi connectivity index (χ1) is 13.2. The fourth-order valence-corrected chi connectivity index (χ4v) is 2.87. The van der Waals surface area contributed by atoms with E-state index in [0.717, 1.165) is 35.6 Å². The molecule has 3 rings (SSSR count). The predicted molar refractivity (Wildman–Crippen MR) is 108 cm³/mol. The lowest BCUT2D eigenvalue weighted by molar-refractivity contribution is 0.299. The zero-order valence-corrected chi connectivity index (χ0v) is 15.7. The van der Waals surface area contributed by atoms with Gasteiger partial charge in [-0.1, -0.05) is 32.4 Å². The molecule has 0 spiro atoms. The van der Waals surface area contributed by atoms with Crippen LogP contribution >= 0.6 is 0 Å². The standard InChI is InChI=1S/C20H26N6O/c1-3-4-14(2)17-13-19(26-25-17)23-18-9-11-21-20(24-18)22-16-7-5-15(6-8-16)10-12-27/h5-9,11,13-14,27H,3-4,10,12H2,1-2H3,(H3,21,22,23,24,25,26). The van der Waals surface area contributed by atoms with Crippen LogP contribution in [0.25, 0.3) is 0 Å². The van der Waals surface area contributed by atoms with Crippen LogP contribution in [-0.2, 0) is 6.42 Å². The van der Waals surface area contributed by atoms with E-state index in [1.807, 2.05) is 30.3 Å². The van der Waals surface area contributed by atoms with Crippen molar-refractivity contribution in [2.24, 2.45) is 0 Å². The van der Waals surface area contributed by atoms with Crippen molar-refractivity contribution in [2.45, 2.75) is 39.0 Å². The minimum Gasteiger partial charge on any atom is -0.396 e. The Labute approximate surface area is 159 Å².